The Morgan fingerprint density at radius 2 is 2.25 bits per heavy atom. The minimum Gasteiger partial charge on any atom is -0.354 e. The molecule has 2 N–H and O–H groups in total. The third-order valence-corrected chi connectivity index (χ3v) is 3.66. The molecule has 0 atom stereocenters. The standard InChI is InChI=1S/C14H24N4O.ClH/c1-12-10-17-18(11-12)9-8-16-14(19)3-2-13-4-6-15-7-5-13;/h10-11,13,15H,2-9H2,1H3,(H,16,19);1H. The van der Waals surface area contributed by atoms with Crippen LogP contribution in [-0.2, 0) is 11.3 Å². The summed E-state index contributed by atoms with van der Waals surface area (Å²) < 4.78 is 1.86. The molecule has 1 amide bonds. The van der Waals surface area contributed by atoms with Crippen molar-refractivity contribution in [2.45, 2.75) is 39.2 Å². The van der Waals surface area contributed by atoms with Gasteiger partial charge >= 0.3 is 0 Å². The van der Waals surface area contributed by atoms with Crippen molar-refractivity contribution in [3.63, 3.8) is 0 Å². The van der Waals surface area contributed by atoms with Crippen LogP contribution in [-0.4, -0.2) is 35.3 Å². The van der Waals surface area contributed by atoms with Crippen molar-refractivity contribution in [2.75, 3.05) is 19.6 Å². The first kappa shape index (κ1) is 17.0. The number of nitrogens with zero attached hydrogens (tertiary/aromatic N) is 2. The summed E-state index contributed by atoms with van der Waals surface area (Å²) in [5.74, 6) is 0.892. The quantitative estimate of drug-likeness (QED) is 0.837. The van der Waals surface area contributed by atoms with E-state index in [0.717, 1.165) is 37.5 Å². The van der Waals surface area contributed by atoms with Crippen molar-refractivity contribution < 1.29 is 4.79 Å². The van der Waals surface area contributed by atoms with E-state index in [9.17, 15) is 4.79 Å². The van der Waals surface area contributed by atoms with Gasteiger partial charge in [-0.05, 0) is 50.8 Å². The van der Waals surface area contributed by atoms with Crippen molar-refractivity contribution >= 4 is 18.3 Å². The number of rotatable bonds is 6. The Morgan fingerprint density at radius 3 is 2.90 bits per heavy atom. The van der Waals surface area contributed by atoms with Gasteiger partial charge in [-0.1, -0.05) is 0 Å². The van der Waals surface area contributed by atoms with Crippen LogP contribution in [0.15, 0.2) is 12.4 Å². The topological polar surface area (TPSA) is 59.0 Å². The fourth-order valence-electron chi connectivity index (χ4n) is 2.49. The highest BCUT2D eigenvalue weighted by molar-refractivity contribution is 5.85. The molecule has 1 aliphatic heterocycles. The summed E-state index contributed by atoms with van der Waals surface area (Å²) in [5, 5.41) is 10.5. The van der Waals surface area contributed by atoms with E-state index in [1.807, 2.05) is 24.0 Å². The highest BCUT2D eigenvalue weighted by Crippen LogP contribution is 2.17. The average Bonchev–Trinajstić information content (AvgIpc) is 2.83. The lowest BCUT2D eigenvalue weighted by Crippen LogP contribution is -2.30. The second-order valence-electron chi connectivity index (χ2n) is 5.36. The number of halogens is 1. The summed E-state index contributed by atoms with van der Waals surface area (Å²) in [5.41, 5.74) is 1.15. The highest BCUT2D eigenvalue weighted by Gasteiger charge is 2.14. The molecule has 2 rings (SSSR count). The van der Waals surface area contributed by atoms with Crippen molar-refractivity contribution in [2.24, 2.45) is 5.92 Å². The van der Waals surface area contributed by atoms with Crippen LogP contribution in [0.25, 0.3) is 0 Å². The number of hydrogen-bond donors (Lipinski definition) is 2. The summed E-state index contributed by atoms with van der Waals surface area (Å²) in [6, 6.07) is 0. The van der Waals surface area contributed by atoms with E-state index in [2.05, 4.69) is 15.7 Å². The van der Waals surface area contributed by atoms with E-state index in [1.54, 1.807) is 0 Å². The molecule has 0 unspecified atom stereocenters. The Labute approximate surface area is 126 Å². The lowest BCUT2D eigenvalue weighted by molar-refractivity contribution is -0.121. The van der Waals surface area contributed by atoms with Gasteiger partial charge in [0.25, 0.3) is 0 Å². The predicted molar refractivity (Wildman–Crippen MR) is 82.0 cm³/mol. The summed E-state index contributed by atoms with van der Waals surface area (Å²) in [6.07, 6.45) is 7.91. The lowest BCUT2D eigenvalue weighted by atomic mass is 9.93. The fraction of sp³-hybridized carbons (Fsp3) is 0.714. The van der Waals surface area contributed by atoms with E-state index in [1.165, 1.54) is 12.8 Å². The van der Waals surface area contributed by atoms with Crippen LogP contribution in [0, 0.1) is 12.8 Å². The maximum Gasteiger partial charge on any atom is 0.220 e. The molecule has 0 saturated carbocycles. The number of aromatic nitrogens is 2. The molecule has 5 nitrogen and oxygen atoms in total. The second kappa shape index (κ2) is 8.97. The Kier molecular flexibility index (Phi) is 7.62. The monoisotopic (exact) mass is 300 g/mol. The number of aryl methyl sites for hydroxylation is 1. The number of amides is 1. The normalized spacial score (nSPS) is 15.7. The Morgan fingerprint density at radius 1 is 1.50 bits per heavy atom. The van der Waals surface area contributed by atoms with Crippen LogP contribution in [0.3, 0.4) is 0 Å². The van der Waals surface area contributed by atoms with Gasteiger partial charge in [0.05, 0.1) is 12.7 Å². The van der Waals surface area contributed by atoms with Crippen molar-refractivity contribution in [3.8, 4) is 0 Å². The van der Waals surface area contributed by atoms with Crippen molar-refractivity contribution in [1.29, 1.82) is 0 Å². The molecular weight excluding hydrogens is 276 g/mol. The Balaban J connectivity index is 0.00000200. The molecule has 1 aromatic heterocycles. The molecule has 1 aliphatic rings. The maximum atomic E-state index is 11.7. The van der Waals surface area contributed by atoms with Gasteiger partial charge in [0.1, 0.15) is 0 Å². The van der Waals surface area contributed by atoms with E-state index in [-0.39, 0.29) is 18.3 Å². The second-order valence-corrected chi connectivity index (χ2v) is 5.36. The van der Waals surface area contributed by atoms with Gasteiger partial charge in [0.2, 0.25) is 5.91 Å². The van der Waals surface area contributed by atoms with Gasteiger partial charge in [-0.3, -0.25) is 9.48 Å². The van der Waals surface area contributed by atoms with E-state index in [0.29, 0.717) is 13.0 Å². The number of carbonyl (C=O) groups excluding carboxylic acids is 1. The van der Waals surface area contributed by atoms with Gasteiger partial charge in [-0.25, -0.2) is 0 Å². The third kappa shape index (κ3) is 5.92. The Bertz CT molecular complexity index is 402. The van der Waals surface area contributed by atoms with Crippen LogP contribution >= 0.6 is 12.4 Å². The van der Waals surface area contributed by atoms with E-state index < -0.39 is 0 Å². The van der Waals surface area contributed by atoms with Gasteiger partial charge in [0, 0.05) is 19.2 Å². The Hall–Kier alpha value is -1.07. The molecule has 2 heterocycles. The van der Waals surface area contributed by atoms with Gasteiger partial charge in [-0.15, -0.1) is 12.4 Å². The SMILES string of the molecule is Cc1cnn(CCNC(=O)CCC2CCNCC2)c1.Cl. The zero-order valence-electron chi connectivity index (χ0n) is 12.1. The third-order valence-electron chi connectivity index (χ3n) is 3.66. The maximum absolute atomic E-state index is 11.7. The molecule has 0 spiro atoms. The summed E-state index contributed by atoms with van der Waals surface area (Å²) in [7, 11) is 0. The number of piperidine rings is 1. The van der Waals surface area contributed by atoms with E-state index >= 15 is 0 Å². The van der Waals surface area contributed by atoms with E-state index in [4.69, 9.17) is 0 Å². The van der Waals surface area contributed by atoms with Crippen LogP contribution in [0.5, 0.6) is 0 Å². The molecular formula is C14H25ClN4O. The zero-order chi connectivity index (χ0) is 13.5. The smallest absolute Gasteiger partial charge is 0.220 e. The predicted octanol–water partition coefficient (Wildman–Crippen LogP) is 1.51. The van der Waals surface area contributed by atoms with Crippen LogP contribution in [0.2, 0.25) is 0 Å². The summed E-state index contributed by atoms with van der Waals surface area (Å²) in [4.78, 5) is 11.7. The van der Waals surface area contributed by atoms with Crippen molar-refractivity contribution in [1.82, 2.24) is 20.4 Å². The number of carbonyl (C=O) groups is 1. The highest BCUT2D eigenvalue weighted by atomic mass is 35.5. The minimum atomic E-state index is 0. The first-order valence-corrected chi connectivity index (χ1v) is 7.20. The summed E-state index contributed by atoms with van der Waals surface area (Å²) in [6.45, 7) is 5.62. The first-order valence-electron chi connectivity index (χ1n) is 7.20. The zero-order valence-corrected chi connectivity index (χ0v) is 12.9. The average molecular weight is 301 g/mol. The molecule has 114 valence electrons. The molecule has 0 aliphatic carbocycles. The number of nitrogens with one attached hydrogen (secondary N) is 2. The van der Waals surface area contributed by atoms with Crippen LogP contribution in [0.4, 0.5) is 0 Å². The summed E-state index contributed by atoms with van der Waals surface area (Å²) >= 11 is 0. The molecule has 0 bridgehead atoms. The number of hydrogen-bond acceptors (Lipinski definition) is 3. The van der Waals surface area contributed by atoms with Crippen LogP contribution in [0.1, 0.15) is 31.2 Å². The molecule has 6 heteroatoms. The molecule has 1 saturated heterocycles. The largest absolute Gasteiger partial charge is 0.354 e. The molecule has 0 aromatic carbocycles. The molecule has 1 fully saturated rings. The lowest BCUT2D eigenvalue weighted by Gasteiger charge is -2.22. The van der Waals surface area contributed by atoms with Crippen LogP contribution < -0.4 is 10.6 Å². The van der Waals surface area contributed by atoms with Gasteiger partial charge in [0.15, 0.2) is 0 Å². The first-order chi connectivity index (χ1) is 9.24. The molecule has 20 heavy (non-hydrogen) atoms. The molecule has 0 radical (unpaired) electrons. The fourth-order valence-corrected chi connectivity index (χ4v) is 2.49. The van der Waals surface area contributed by atoms with Crippen molar-refractivity contribution in [3.05, 3.63) is 18.0 Å². The molecule has 1 aromatic rings. The van der Waals surface area contributed by atoms with Gasteiger partial charge in [-0.2, -0.15) is 5.10 Å². The van der Waals surface area contributed by atoms with Gasteiger partial charge < -0.3 is 10.6 Å². The minimum absolute atomic E-state index is 0.